The SMILES string of the molecule is N#CCCc1nccc(-c2ccc3nc[nH]c3c2)n1. The molecule has 0 bridgehead atoms. The van der Waals surface area contributed by atoms with Crippen molar-refractivity contribution in [3.63, 3.8) is 0 Å². The Labute approximate surface area is 110 Å². The van der Waals surface area contributed by atoms with Crippen molar-refractivity contribution < 1.29 is 0 Å². The molecule has 0 radical (unpaired) electrons. The summed E-state index contributed by atoms with van der Waals surface area (Å²) in [6.07, 6.45) is 4.42. The molecule has 2 aromatic heterocycles. The quantitative estimate of drug-likeness (QED) is 0.773. The van der Waals surface area contributed by atoms with E-state index in [1.54, 1.807) is 12.5 Å². The van der Waals surface area contributed by atoms with Crippen LogP contribution in [0.15, 0.2) is 36.8 Å². The lowest BCUT2D eigenvalue weighted by Crippen LogP contribution is -1.95. The number of nitrogens with one attached hydrogen (secondary N) is 1. The number of aromatic nitrogens is 4. The third-order valence-corrected chi connectivity index (χ3v) is 2.88. The number of aryl methyl sites for hydroxylation is 1. The normalized spacial score (nSPS) is 10.5. The van der Waals surface area contributed by atoms with Gasteiger partial charge < -0.3 is 4.98 Å². The van der Waals surface area contributed by atoms with Crippen LogP contribution >= 0.6 is 0 Å². The van der Waals surface area contributed by atoms with E-state index in [0.717, 1.165) is 22.3 Å². The molecule has 0 fully saturated rings. The van der Waals surface area contributed by atoms with Crippen molar-refractivity contribution in [2.24, 2.45) is 0 Å². The molecule has 92 valence electrons. The van der Waals surface area contributed by atoms with Crippen LogP contribution in [0.2, 0.25) is 0 Å². The molecular weight excluding hydrogens is 238 g/mol. The number of fused-ring (bicyclic) bond motifs is 1. The third kappa shape index (κ3) is 2.29. The highest BCUT2D eigenvalue weighted by molar-refractivity contribution is 5.80. The summed E-state index contributed by atoms with van der Waals surface area (Å²) in [5.41, 5.74) is 3.79. The van der Waals surface area contributed by atoms with Gasteiger partial charge in [0.2, 0.25) is 0 Å². The van der Waals surface area contributed by atoms with Crippen molar-refractivity contribution in [1.82, 2.24) is 19.9 Å². The number of imidazole rings is 1. The predicted molar refractivity (Wildman–Crippen MR) is 71.1 cm³/mol. The van der Waals surface area contributed by atoms with E-state index < -0.39 is 0 Å². The van der Waals surface area contributed by atoms with E-state index in [9.17, 15) is 0 Å². The summed E-state index contributed by atoms with van der Waals surface area (Å²) in [4.78, 5) is 15.9. The molecule has 0 saturated heterocycles. The topological polar surface area (TPSA) is 78.2 Å². The number of H-pyrrole nitrogens is 1. The van der Waals surface area contributed by atoms with Gasteiger partial charge in [-0.15, -0.1) is 0 Å². The van der Waals surface area contributed by atoms with Gasteiger partial charge in [0, 0.05) is 24.6 Å². The van der Waals surface area contributed by atoms with Crippen LogP contribution in [0.25, 0.3) is 22.3 Å². The molecule has 0 aliphatic rings. The summed E-state index contributed by atoms with van der Waals surface area (Å²) in [6, 6.07) is 9.93. The molecule has 0 unspecified atom stereocenters. The third-order valence-electron chi connectivity index (χ3n) is 2.88. The minimum atomic E-state index is 0.434. The van der Waals surface area contributed by atoms with Crippen LogP contribution in [0.3, 0.4) is 0 Å². The zero-order valence-electron chi connectivity index (χ0n) is 10.2. The highest BCUT2D eigenvalue weighted by atomic mass is 14.9. The van der Waals surface area contributed by atoms with Crippen LogP contribution in [-0.2, 0) is 6.42 Å². The van der Waals surface area contributed by atoms with E-state index in [2.05, 4.69) is 26.0 Å². The van der Waals surface area contributed by atoms with Crippen LogP contribution < -0.4 is 0 Å². The number of aromatic amines is 1. The van der Waals surface area contributed by atoms with Crippen LogP contribution in [-0.4, -0.2) is 19.9 Å². The molecule has 0 atom stereocenters. The molecule has 2 heterocycles. The average molecular weight is 249 g/mol. The molecule has 0 aliphatic carbocycles. The number of benzene rings is 1. The zero-order valence-corrected chi connectivity index (χ0v) is 10.2. The Kier molecular flexibility index (Phi) is 2.91. The van der Waals surface area contributed by atoms with Gasteiger partial charge in [-0.1, -0.05) is 6.07 Å². The van der Waals surface area contributed by atoms with Crippen molar-refractivity contribution in [3.05, 3.63) is 42.6 Å². The molecule has 0 amide bonds. The van der Waals surface area contributed by atoms with Crippen molar-refractivity contribution in [2.45, 2.75) is 12.8 Å². The zero-order chi connectivity index (χ0) is 13.1. The van der Waals surface area contributed by atoms with Crippen LogP contribution in [0.1, 0.15) is 12.2 Å². The molecule has 5 heteroatoms. The van der Waals surface area contributed by atoms with Gasteiger partial charge in [-0.3, -0.25) is 0 Å². The molecule has 0 spiro atoms. The van der Waals surface area contributed by atoms with E-state index in [1.165, 1.54) is 0 Å². The summed E-state index contributed by atoms with van der Waals surface area (Å²) < 4.78 is 0. The van der Waals surface area contributed by atoms with Gasteiger partial charge in [0.1, 0.15) is 5.82 Å². The Balaban J connectivity index is 1.98. The standard InChI is InChI=1S/C14H11N5/c15-6-1-2-14-16-7-5-11(19-14)10-3-4-12-13(8-10)18-9-17-12/h3-5,7-9H,1-2H2,(H,17,18). The molecule has 0 aliphatic heterocycles. The molecule has 0 saturated carbocycles. The largest absolute Gasteiger partial charge is 0.345 e. The van der Waals surface area contributed by atoms with Gasteiger partial charge in [0.15, 0.2) is 0 Å². The monoisotopic (exact) mass is 249 g/mol. The van der Waals surface area contributed by atoms with Crippen molar-refractivity contribution in [2.75, 3.05) is 0 Å². The first-order valence-electron chi connectivity index (χ1n) is 5.99. The van der Waals surface area contributed by atoms with E-state index >= 15 is 0 Å². The average Bonchev–Trinajstić information content (AvgIpc) is 2.92. The van der Waals surface area contributed by atoms with Gasteiger partial charge in [-0.05, 0) is 18.2 Å². The summed E-state index contributed by atoms with van der Waals surface area (Å²) in [5, 5.41) is 8.59. The number of rotatable bonds is 3. The predicted octanol–water partition coefficient (Wildman–Crippen LogP) is 2.48. The first kappa shape index (κ1) is 11.4. The number of hydrogen-bond acceptors (Lipinski definition) is 4. The minimum absolute atomic E-state index is 0.434. The van der Waals surface area contributed by atoms with E-state index in [0.29, 0.717) is 18.7 Å². The Bertz CT molecular complexity index is 754. The summed E-state index contributed by atoms with van der Waals surface area (Å²) in [7, 11) is 0. The molecule has 3 aromatic rings. The fourth-order valence-corrected chi connectivity index (χ4v) is 1.94. The lowest BCUT2D eigenvalue weighted by molar-refractivity contribution is 0.887. The Morgan fingerprint density at radius 2 is 2.16 bits per heavy atom. The summed E-state index contributed by atoms with van der Waals surface area (Å²) >= 11 is 0. The molecule has 19 heavy (non-hydrogen) atoms. The maximum absolute atomic E-state index is 8.59. The van der Waals surface area contributed by atoms with Crippen LogP contribution in [0.4, 0.5) is 0 Å². The fraction of sp³-hybridized carbons (Fsp3) is 0.143. The molecule has 3 rings (SSSR count). The lowest BCUT2D eigenvalue weighted by atomic mass is 10.1. The van der Waals surface area contributed by atoms with E-state index in [1.807, 2.05) is 24.3 Å². The second kappa shape index (κ2) is 4.86. The number of nitrogens with zero attached hydrogens (tertiary/aromatic N) is 4. The van der Waals surface area contributed by atoms with E-state index in [-0.39, 0.29) is 0 Å². The van der Waals surface area contributed by atoms with Gasteiger partial charge in [0.25, 0.3) is 0 Å². The highest BCUT2D eigenvalue weighted by Gasteiger charge is 2.04. The first-order valence-corrected chi connectivity index (χ1v) is 5.99. The van der Waals surface area contributed by atoms with Gasteiger partial charge in [-0.25, -0.2) is 15.0 Å². The summed E-state index contributed by atoms with van der Waals surface area (Å²) in [6.45, 7) is 0. The Morgan fingerprint density at radius 3 is 3.05 bits per heavy atom. The fourth-order valence-electron chi connectivity index (χ4n) is 1.94. The van der Waals surface area contributed by atoms with Crippen molar-refractivity contribution >= 4 is 11.0 Å². The van der Waals surface area contributed by atoms with Crippen LogP contribution in [0.5, 0.6) is 0 Å². The highest BCUT2D eigenvalue weighted by Crippen LogP contribution is 2.20. The molecular formula is C14H11N5. The van der Waals surface area contributed by atoms with Gasteiger partial charge in [-0.2, -0.15) is 5.26 Å². The second-order valence-corrected chi connectivity index (χ2v) is 4.15. The maximum atomic E-state index is 8.59. The number of hydrogen-bond donors (Lipinski definition) is 1. The Morgan fingerprint density at radius 1 is 1.21 bits per heavy atom. The Hall–Kier alpha value is -2.74. The second-order valence-electron chi connectivity index (χ2n) is 4.15. The van der Waals surface area contributed by atoms with Gasteiger partial charge in [0.05, 0.1) is 29.1 Å². The number of nitriles is 1. The first-order chi connectivity index (χ1) is 9.36. The molecule has 1 aromatic carbocycles. The van der Waals surface area contributed by atoms with Crippen molar-refractivity contribution in [3.8, 4) is 17.3 Å². The molecule has 5 nitrogen and oxygen atoms in total. The van der Waals surface area contributed by atoms with E-state index in [4.69, 9.17) is 5.26 Å². The smallest absolute Gasteiger partial charge is 0.129 e. The minimum Gasteiger partial charge on any atom is -0.345 e. The summed E-state index contributed by atoms with van der Waals surface area (Å²) in [5.74, 6) is 0.698. The maximum Gasteiger partial charge on any atom is 0.129 e. The van der Waals surface area contributed by atoms with Crippen molar-refractivity contribution in [1.29, 1.82) is 5.26 Å². The lowest BCUT2D eigenvalue weighted by Gasteiger charge is -2.03. The molecule has 1 N–H and O–H groups in total. The van der Waals surface area contributed by atoms with Gasteiger partial charge >= 0.3 is 0 Å². The van der Waals surface area contributed by atoms with Crippen LogP contribution in [0, 0.1) is 11.3 Å².